The summed E-state index contributed by atoms with van der Waals surface area (Å²) >= 11 is 0. The van der Waals surface area contributed by atoms with Crippen molar-refractivity contribution < 1.29 is 4.39 Å². The molecular weight excluding hydrogens is 186 g/mol. The van der Waals surface area contributed by atoms with Gasteiger partial charge in [0.1, 0.15) is 5.82 Å². The summed E-state index contributed by atoms with van der Waals surface area (Å²) in [7, 11) is -0.105. The van der Waals surface area contributed by atoms with Crippen LogP contribution < -0.4 is 5.46 Å². The van der Waals surface area contributed by atoms with E-state index in [0.29, 0.717) is 0 Å². The van der Waals surface area contributed by atoms with Crippen LogP contribution in [0.25, 0.3) is 0 Å². The van der Waals surface area contributed by atoms with Gasteiger partial charge in [0.2, 0.25) is 0 Å². The Morgan fingerprint density at radius 2 is 2.00 bits per heavy atom. The third kappa shape index (κ3) is 4.50. The van der Waals surface area contributed by atoms with Crippen LogP contribution in [-0.4, -0.2) is 7.28 Å². The van der Waals surface area contributed by atoms with E-state index in [1.807, 2.05) is 6.07 Å². The first-order valence-electron chi connectivity index (χ1n) is 6.34. The Morgan fingerprint density at radius 3 is 2.73 bits per heavy atom. The molecule has 1 aromatic rings. The summed E-state index contributed by atoms with van der Waals surface area (Å²) in [5.41, 5.74) is 2.57. The molecule has 84 valence electrons. The van der Waals surface area contributed by atoms with E-state index in [1.54, 1.807) is 12.1 Å². The molecule has 0 fully saturated rings. The second-order valence-corrected chi connectivity index (χ2v) is 4.64. The fourth-order valence-electron chi connectivity index (χ4n) is 2.21. The summed E-state index contributed by atoms with van der Waals surface area (Å²) in [6, 6.07) is 5.19. The lowest BCUT2D eigenvalue weighted by molar-refractivity contribution is 0.628. The zero-order valence-electron chi connectivity index (χ0n) is 10.1. The number of benzene rings is 1. The number of halogens is 1. The zero-order chi connectivity index (χ0) is 11.1. The minimum absolute atomic E-state index is 0.0760. The Morgan fingerprint density at radius 1 is 1.20 bits per heavy atom. The molecule has 0 saturated heterocycles. The van der Waals surface area contributed by atoms with E-state index in [4.69, 9.17) is 0 Å². The Bertz CT molecular complexity index is 297. The van der Waals surface area contributed by atoms with Crippen LogP contribution in [0.2, 0.25) is 6.32 Å². The van der Waals surface area contributed by atoms with Gasteiger partial charge in [-0.25, -0.2) is 9.85 Å². The Balaban J connectivity index is 2.33. The summed E-state index contributed by atoms with van der Waals surface area (Å²) in [5.74, 6) is -0.0760. The first-order chi connectivity index (χ1) is 7.24. The number of unbranched alkanes of at least 4 members (excludes halogenated alkanes) is 3. The normalized spacial score (nSPS) is 10.6. The molecule has 0 N–H and O–H groups in total. The third-order valence-electron chi connectivity index (χ3n) is 3.31. The van der Waals surface area contributed by atoms with E-state index >= 15 is 0 Å². The van der Waals surface area contributed by atoms with Gasteiger partial charge in [-0.2, -0.15) is 6.32 Å². The molecule has 1 aromatic carbocycles. The highest BCUT2D eigenvalue weighted by Gasteiger charge is 1.95. The van der Waals surface area contributed by atoms with Gasteiger partial charge < -0.3 is 0 Å². The maximum atomic E-state index is 13.0. The monoisotopic (exact) mass is 207 g/mol. The first kappa shape index (κ1) is 12.3. The number of rotatable bonds is 6. The Hall–Kier alpha value is -0.785. The van der Waals surface area contributed by atoms with E-state index in [0.717, 1.165) is 0 Å². The van der Waals surface area contributed by atoms with Crippen molar-refractivity contribution in [1.82, 2.24) is 0 Å². The van der Waals surface area contributed by atoms with Crippen molar-refractivity contribution in [2.24, 2.45) is 0 Å². The van der Waals surface area contributed by atoms with Gasteiger partial charge in [0.25, 0.3) is 0 Å². The summed E-state index contributed by atoms with van der Waals surface area (Å²) in [5, 5.41) is 0. The van der Waals surface area contributed by atoms with Crippen LogP contribution in [0.5, 0.6) is 0 Å². The molecule has 0 atom stereocenters. The maximum Gasteiger partial charge on any atom is 0.120 e. The van der Waals surface area contributed by atoms with Crippen LogP contribution in [0.4, 0.5) is 4.39 Å². The lowest BCUT2D eigenvalue weighted by Crippen LogP contribution is -2.17. The molecule has 0 nitrogen and oxygen atoms in total. The predicted octanol–water partition coefficient (Wildman–Crippen LogP) is 2.93. The molecule has 2 heteroatoms. The standard InChI is InChI=1S/C13H21BF/c1-3-4-5-6-9-14-13-10-12(15)8-7-11(13)2/h7-8,10H,3-6,9,14H2,1-2H3/q-1. The van der Waals surface area contributed by atoms with Crippen LogP contribution in [0.1, 0.15) is 38.2 Å². The van der Waals surface area contributed by atoms with E-state index < -0.39 is 0 Å². The van der Waals surface area contributed by atoms with Crippen molar-refractivity contribution in [3.8, 4) is 0 Å². The largest absolute Gasteiger partial charge is 0.211 e. The molecule has 0 spiro atoms. The minimum atomic E-state index is -0.105. The molecule has 0 amide bonds. The fourth-order valence-corrected chi connectivity index (χ4v) is 2.21. The highest BCUT2D eigenvalue weighted by molar-refractivity contribution is 6.53. The molecule has 1 rings (SSSR count). The van der Waals surface area contributed by atoms with Gasteiger partial charge in [-0.3, -0.25) is 0 Å². The van der Waals surface area contributed by atoms with Gasteiger partial charge in [0, 0.05) is 0 Å². The van der Waals surface area contributed by atoms with Gasteiger partial charge in [-0.1, -0.05) is 50.3 Å². The van der Waals surface area contributed by atoms with Gasteiger partial charge in [0.15, 0.2) is 0 Å². The average Bonchev–Trinajstić information content (AvgIpc) is 2.23. The van der Waals surface area contributed by atoms with E-state index in [-0.39, 0.29) is 13.1 Å². The van der Waals surface area contributed by atoms with Crippen molar-refractivity contribution in [3.05, 3.63) is 29.6 Å². The second kappa shape index (κ2) is 6.65. The van der Waals surface area contributed by atoms with Gasteiger partial charge in [-0.15, -0.1) is 0 Å². The van der Waals surface area contributed by atoms with Gasteiger partial charge >= 0.3 is 0 Å². The van der Waals surface area contributed by atoms with Crippen molar-refractivity contribution in [3.63, 3.8) is 0 Å². The third-order valence-corrected chi connectivity index (χ3v) is 3.31. The quantitative estimate of drug-likeness (QED) is 0.497. The highest BCUT2D eigenvalue weighted by atomic mass is 19.1. The molecule has 0 aliphatic carbocycles. The topological polar surface area (TPSA) is 0 Å². The number of hydrogen-bond donors (Lipinski definition) is 0. The van der Waals surface area contributed by atoms with E-state index in [1.165, 1.54) is 43.0 Å². The molecule has 0 aromatic heterocycles. The SMILES string of the molecule is CCCCCC[BH2-]c1cc(F)ccc1C. The highest BCUT2D eigenvalue weighted by Crippen LogP contribution is 2.04. The van der Waals surface area contributed by atoms with Gasteiger partial charge in [-0.05, 0) is 20.3 Å². The molecule has 0 unspecified atom stereocenters. The average molecular weight is 207 g/mol. The molecule has 15 heavy (non-hydrogen) atoms. The fraction of sp³-hybridized carbons (Fsp3) is 0.538. The van der Waals surface area contributed by atoms with Crippen LogP contribution in [0.3, 0.4) is 0 Å². The summed E-state index contributed by atoms with van der Waals surface area (Å²) < 4.78 is 13.0. The molecular formula is C13H21BF-. The Labute approximate surface area is 93.1 Å². The zero-order valence-corrected chi connectivity index (χ0v) is 10.1. The Kier molecular flexibility index (Phi) is 5.45. The van der Waals surface area contributed by atoms with Crippen molar-refractivity contribution in [2.45, 2.75) is 45.9 Å². The maximum absolute atomic E-state index is 13.0. The number of aryl methyl sites for hydroxylation is 1. The molecule has 0 heterocycles. The van der Waals surface area contributed by atoms with E-state index in [9.17, 15) is 4.39 Å². The van der Waals surface area contributed by atoms with E-state index in [2.05, 4.69) is 13.8 Å². The predicted molar refractivity (Wildman–Crippen MR) is 68.3 cm³/mol. The number of hydrogen-bond acceptors (Lipinski definition) is 0. The molecule has 0 bridgehead atoms. The van der Waals surface area contributed by atoms with Crippen LogP contribution >= 0.6 is 0 Å². The summed E-state index contributed by atoms with van der Waals surface area (Å²) in [6.45, 7) is 4.32. The van der Waals surface area contributed by atoms with Crippen LogP contribution in [-0.2, 0) is 0 Å². The summed E-state index contributed by atoms with van der Waals surface area (Å²) in [6.07, 6.45) is 6.61. The van der Waals surface area contributed by atoms with Crippen molar-refractivity contribution in [1.29, 1.82) is 0 Å². The van der Waals surface area contributed by atoms with Crippen molar-refractivity contribution >= 4 is 12.7 Å². The molecule has 0 aliphatic heterocycles. The smallest absolute Gasteiger partial charge is 0.120 e. The van der Waals surface area contributed by atoms with Gasteiger partial charge in [0.05, 0.1) is 0 Å². The molecule has 0 saturated carbocycles. The first-order valence-corrected chi connectivity index (χ1v) is 6.34. The minimum Gasteiger partial charge on any atom is -0.211 e. The lowest BCUT2D eigenvalue weighted by atomic mass is 9.64. The van der Waals surface area contributed by atoms with Crippen LogP contribution in [0.15, 0.2) is 18.2 Å². The molecule has 0 aliphatic rings. The summed E-state index contributed by atoms with van der Waals surface area (Å²) in [4.78, 5) is 0. The van der Waals surface area contributed by atoms with Crippen molar-refractivity contribution in [2.75, 3.05) is 0 Å². The molecule has 0 radical (unpaired) electrons. The van der Waals surface area contributed by atoms with Crippen LogP contribution in [0, 0.1) is 12.7 Å². The second-order valence-electron chi connectivity index (χ2n) is 4.64. The lowest BCUT2D eigenvalue weighted by Gasteiger charge is -2.11.